The average molecular weight is 296 g/mol. The van der Waals surface area contributed by atoms with Gasteiger partial charge >= 0.3 is 18.2 Å². The fourth-order valence-electron chi connectivity index (χ4n) is 1.98. The van der Waals surface area contributed by atoms with Crippen molar-refractivity contribution in [3.05, 3.63) is 0 Å². The van der Waals surface area contributed by atoms with E-state index in [0.717, 1.165) is 0 Å². The molecule has 1 saturated heterocycles. The van der Waals surface area contributed by atoms with E-state index in [1.165, 1.54) is 4.90 Å². The molecule has 0 saturated carbocycles. The second-order valence-corrected chi connectivity index (χ2v) is 5.89. The minimum Gasteiger partial charge on any atom is -0.444 e. The first kappa shape index (κ1) is 16.6. The Morgan fingerprint density at radius 2 is 1.80 bits per heavy atom. The van der Waals surface area contributed by atoms with Gasteiger partial charge in [-0.05, 0) is 34.1 Å². The molecule has 0 spiro atoms. The monoisotopic (exact) mass is 296 g/mol. The lowest BCUT2D eigenvalue weighted by molar-refractivity contribution is -0.174. The van der Waals surface area contributed by atoms with Crippen LogP contribution in [0.2, 0.25) is 0 Å². The molecule has 0 aromatic heterocycles. The van der Waals surface area contributed by atoms with Crippen LogP contribution in [0.3, 0.4) is 0 Å². The SMILES string of the molecule is C[C@H]1CC(NC(=O)C(F)(F)F)CN1C(=O)OC(C)(C)C. The first-order chi connectivity index (χ1) is 8.90. The average Bonchev–Trinajstić information content (AvgIpc) is 2.55. The van der Waals surface area contributed by atoms with Gasteiger partial charge in [0.05, 0.1) is 0 Å². The molecule has 1 aliphatic heterocycles. The number of ether oxygens (including phenoxy) is 1. The third kappa shape index (κ3) is 4.57. The quantitative estimate of drug-likeness (QED) is 0.806. The first-order valence-corrected chi connectivity index (χ1v) is 6.27. The minimum absolute atomic E-state index is 0.0118. The van der Waals surface area contributed by atoms with Crippen LogP contribution in [0.25, 0.3) is 0 Å². The number of alkyl halides is 3. The third-order valence-corrected chi connectivity index (χ3v) is 2.80. The van der Waals surface area contributed by atoms with Crippen LogP contribution in [0.1, 0.15) is 34.1 Å². The van der Waals surface area contributed by atoms with Crippen LogP contribution in [-0.2, 0) is 9.53 Å². The van der Waals surface area contributed by atoms with Crippen molar-refractivity contribution in [2.75, 3.05) is 6.54 Å². The number of amides is 2. The second-order valence-electron chi connectivity index (χ2n) is 5.89. The number of nitrogens with one attached hydrogen (secondary N) is 1. The standard InChI is InChI=1S/C12H19F3N2O3/c1-7-5-8(16-9(18)12(13,14)15)6-17(7)10(19)20-11(2,3)4/h7-8H,5-6H2,1-4H3,(H,16,18)/t7-,8?/m0/s1. The highest BCUT2D eigenvalue weighted by Gasteiger charge is 2.42. The molecule has 20 heavy (non-hydrogen) atoms. The summed E-state index contributed by atoms with van der Waals surface area (Å²) < 4.78 is 41.6. The highest BCUT2D eigenvalue weighted by molar-refractivity contribution is 5.82. The number of nitrogens with zero attached hydrogens (tertiary/aromatic N) is 1. The first-order valence-electron chi connectivity index (χ1n) is 6.27. The van der Waals surface area contributed by atoms with Crippen LogP contribution >= 0.6 is 0 Å². The number of likely N-dealkylation sites (tertiary alicyclic amines) is 1. The van der Waals surface area contributed by atoms with Crippen molar-refractivity contribution < 1.29 is 27.5 Å². The Labute approximate surface area is 115 Å². The van der Waals surface area contributed by atoms with Crippen LogP contribution in [0.15, 0.2) is 0 Å². The van der Waals surface area contributed by atoms with Gasteiger partial charge in [-0.15, -0.1) is 0 Å². The van der Waals surface area contributed by atoms with Crippen molar-refractivity contribution in [2.45, 2.75) is 58.0 Å². The van der Waals surface area contributed by atoms with Crippen molar-refractivity contribution in [1.29, 1.82) is 0 Å². The molecule has 0 bridgehead atoms. The maximum absolute atomic E-state index is 12.2. The van der Waals surface area contributed by atoms with Crippen molar-refractivity contribution in [3.63, 3.8) is 0 Å². The lowest BCUT2D eigenvalue weighted by Gasteiger charge is -2.26. The van der Waals surface area contributed by atoms with Gasteiger partial charge in [0, 0.05) is 18.6 Å². The number of carbonyl (C=O) groups excluding carboxylic acids is 2. The molecule has 1 fully saturated rings. The topological polar surface area (TPSA) is 58.6 Å². The van der Waals surface area contributed by atoms with E-state index < -0.39 is 29.8 Å². The molecule has 0 aromatic carbocycles. The van der Waals surface area contributed by atoms with Crippen molar-refractivity contribution in [2.24, 2.45) is 0 Å². The zero-order valence-corrected chi connectivity index (χ0v) is 11.9. The molecule has 0 aromatic rings. The number of hydrogen-bond donors (Lipinski definition) is 1. The predicted octanol–water partition coefficient (Wildman–Crippen LogP) is 2.06. The molecule has 1 N–H and O–H groups in total. The van der Waals surface area contributed by atoms with Gasteiger partial charge in [0.2, 0.25) is 0 Å². The largest absolute Gasteiger partial charge is 0.471 e. The molecule has 2 atom stereocenters. The van der Waals surface area contributed by atoms with E-state index in [1.54, 1.807) is 27.7 Å². The Hall–Kier alpha value is -1.47. The van der Waals surface area contributed by atoms with Crippen LogP contribution in [0.4, 0.5) is 18.0 Å². The molecule has 1 rings (SSSR count). The molecule has 8 heteroatoms. The van der Waals surface area contributed by atoms with Gasteiger partial charge in [-0.3, -0.25) is 4.79 Å². The zero-order chi connectivity index (χ0) is 15.7. The van der Waals surface area contributed by atoms with E-state index in [1.807, 2.05) is 5.32 Å². The molecular formula is C12H19F3N2O3. The summed E-state index contributed by atoms with van der Waals surface area (Å²) >= 11 is 0. The summed E-state index contributed by atoms with van der Waals surface area (Å²) in [6, 6.07) is -1.00. The molecule has 1 heterocycles. The zero-order valence-electron chi connectivity index (χ0n) is 11.9. The number of hydrogen-bond acceptors (Lipinski definition) is 3. The Kier molecular flexibility index (Phi) is 4.55. The predicted molar refractivity (Wildman–Crippen MR) is 65.0 cm³/mol. The Bertz CT molecular complexity index is 390. The molecular weight excluding hydrogens is 277 g/mol. The number of rotatable bonds is 1. The highest BCUT2D eigenvalue weighted by atomic mass is 19.4. The van der Waals surface area contributed by atoms with Crippen molar-refractivity contribution in [1.82, 2.24) is 10.2 Å². The fraction of sp³-hybridized carbons (Fsp3) is 0.833. The number of carbonyl (C=O) groups is 2. The van der Waals surface area contributed by atoms with Crippen LogP contribution in [-0.4, -0.2) is 47.3 Å². The second kappa shape index (κ2) is 5.49. The van der Waals surface area contributed by atoms with Gasteiger partial charge in [0.25, 0.3) is 0 Å². The van der Waals surface area contributed by atoms with E-state index in [2.05, 4.69) is 0 Å². The van der Waals surface area contributed by atoms with Gasteiger partial charge in [-0.2, -0.15) is 13.2 Å². The van der Waals surface area contributed by atoms with Crippen LogP contribution in [0.5, 0.6) is 0 Å². The molecule has 1 unspecified atom stereocenters. The molecule has 0 radical (unpaired) electrons. The van der Waals surface area contributed by atoms with E-state index in [4.69, 9.17) is 4.74 Å². The lowest BCUT2D eigenvalue weighted by atomic mass is 10.2. The van der Waals surface area contributed by atoms with Crippen molar-refractivity contribution >= 4 is 12.0 Å². The Morgan fingerprint density at radius 1 is 1.25 bits per heavy atom. The molecule has 5 nitrogen and oxygen atoms in total. The van der Waals surface area contributed by atoms with E-state index in [-0.39, 0.29) is 19.0 Å². The van der Waals surface area contributed by atoms with E-state index in [0.29, 0.717) is 0 Å². The normalized spacial score (nSPS) is 23.6. The van der Waals surface area contributed by atoms with Crippen LogP contribution < -0.4 is 5.32 Å². The van der Waals surface area contributed by atoms with Gasteiger partial charge in [-0.25, -0.2) is 4.79 Å². The van der Waals surface area contributed by atoms with E-state index in [9.17, 15) is 22.8 Å². The van der Waals surface area contributed by atoms with Gasteiger partial charge < -0.3 is 15.0 Å². The summed E-state index contributed by atoms with van der Waals surface area (Å²) in [5.74, 6) is -1.99. The third-order valence-electron chi connectivity index (χ3n) is 2.80. The molecule has 116 valence electrons. The van der Waals surface area contributed by atoms with Gasteiger partial charge in [0.1, 0.15) is 5.60 Å². The minimum atomic E-state index is -4.91. The Morgan fingerprint density at radius 3 is 2.25 bits per heavy atom. The maximum Gasteiger partial charge on any atom is 0.471 e. The van der Waals surface area contributed by atoms with E-state index >= 15 is 0 Å². The van der Waals surface area contributed by atoms with Gasteiger partial charge in [-0.1, -0.05) is 0 Å². The summed E-state index contributed by atoms with van der Waals surface area (Å²) in [6.45, 7) is 6.82. The van der Waals surface area contributed by atoms with Crippen molar-refractivity contribution in [3.8, 4) is 0 Å². The summed E-state index contributed by atoms with van der Waals surface area (Å²) in [5, 5.41) is 1.88. The summed E-state index contributed by atoms with van der Waals surface area (Å²) in [7, 11) is 0. The smallest absolute Gasteiger partial charge is 0.444 e. The molecule has 2 amide bonds. The Balaban J connectivity index is 2.59. The molecule has 1 aliphatic rings. The number of halogens is 3. The van der Waals surface area contributed by atoms with Crippen LogP contribution in [0, 0.1) is 0 Å². The fourth-order valence-corrected chi connectivity index (χ4v) is 1.98. The lowest BCUT2D eigenvalue weighted by Crippen LogP contribution is -2.45. The summed E-state index contributed by atoms with van der Waals surface area (Å²) in [6.07, 6.45) is -5.24. The maximum atomic E-state index is 12.2. The molecule has 0 aliphatic carbocycles. The van der Waals surface area contributed by atoms with Gasteiger partial charge in [0.15, 0.2) is 0 Å². The summed E-state index contributed by atoms with van der Waals surface area (Å²) in [5.41, 5.74) is -0.676. The highest BCUT2D eigenvalue weighted by Crippen LogP contribution is 2.22. The summed E-state index contributed by atoms with van der Waals surface area (Å²) in [4.78, 5) is 24.1.